The number of allylic oxidation sites excluding steroid dienone is 1. The minimum atomic E-state index is -4.65. The van der Waals surface area contributed by atoms with Crippen LogP contribution in [-0.2, 0) is 19.4 Å². The van der Waals surface area contributed by atoms with E-state index in [-0.39, 0.29) is 40.4 Å². The van der Waals surface area contributed by atoms with Gasteiger partial charge in [0.2, 0.25) is 10.4 Å². The SMILES string of the molecule is CC12CCC3C(CC=C4CC(OS(=O)(=O)[O-])CCC43C)C1CCC2=O.[Na+]. The van der Waals surface area contributed by atoms with Crippen molar-refractivity contribution in [1.29, 1.82) is 0 Å². The molecule has 6 atom stereocenters. The smallest absolute Gasteiger partial charge is 0.726 e. The third-order valence-electron chi connectivity index (χ3n) is 8.02. The van der Waals surface area contributed by atoms with Crippen LogP contribution in [0.1, 0.15) is 65.2 Å². The fourth-order valence-electron chi connectivity index (χ4n) is 6.65. The van der Waals surface area contributed by atoms with Crippen LogP contribution in [0.4, 0.5) is 0 Å². The Labute approximate surface area is 178 Å². The van der Waals surface area contributed by atoms with E-state index in [1.54, 1.807) is 0 Å². The number of ketones is 1. The maximum atomic E-state index is 12.4. The molecule has 4 aliphatic rings. The van der Waals surface area contributed by atoms with E-state index < -0.39 is 16.5 Å². The molecule has 0 amide bonds. The normalized spacial score (nSPS) is 45.0. The molecule has 5 nitrogen and oxygen atoms in total. The summed E-state index contributed by atoms with van der Waals surface area (Å²) in [5.74, 6) is 2.05. The van der Waals surface area contributed by atoms with Crippen LogP contribution in [-0.4, -0.2) is 24.9 Å². The largest absolute Gasteiger partial charge is 1.00 e. The van der Waals surface area contributed by atoms with Crippen LogP contribution in [0.25, 0.3) is 0 Å². The number of hydrogen-bond acceptors (Lipinski definition) is 5. The van der Waals surface area contributed by atoms with Crippen LogP contribution in [0.2, 0.25) is 0 Å². The molecular formula is C19H27NaO5S. The molecule has 6 unspecified atom stereocenters. The second-order valence-electron chi connectivity index (χ2n) is 9.05. The number of carbonyl (C=O) groups is 1. The van der Waals surface area contributed by atoms with Gasteiger partial charge in [-0.1, -0.05) is 25.5 Å². The van der Waals surface area contributed by atoms with Crippen molar-refractivity contribution in [3.05, 3.63) is 11.6 Å². The fraction of sp³-hybridized carbons (Fsp3) is 0.842. The molecule has 3 fully saturated rings. The predicted molar refractivity (Wildman–Crippen MR) is 91.3 cm³/mol. The zero-order chi connectivity index (χ0) is 18.0. The molecule has 3 saturated carbocycles. The summed E-state index contributed by atoms with van der Waals surface area (Å²) in [6, 6.07) is 0. The molecule has 26 heavy (non-hydrogen) atoms. The zero-order valence-electron chi connectivity index (χ0n) is 16.0. The Kier molecular flexibility index (Phi) is 5.62. The molecule has 0 aliphatic heterocycles. The average molecular weight is 390 g/mol. The summed E-state index contributed by atoms with van der Waals surface area (Å²) >= 11 is 0. The van der Waals surface area contributed by atoms with Crippen LogP contribution < -0.4 is 29.6 Å². The zero-order valence-corrected chi connectivity index (χ0v) is 18.8. The van der Waals surface area contributed by atoms with Gasteiger partial charge in [0.15, 0.2) is 0 Å². The van der Waals surface area contributed by atoms with Crippen LogP contribution >= 0.6 is 0 Å². The standard InChI is InChI=1S/C19H28O5S.Na/c1-18-9-7-13(24-25(21,22)23)11-12(18)3-4-14-15-5-6-17(20)19(15,2)10-8-16(14)18;/h3,13-16H,4-11H2,1-2H3,(H,21,22,23);/q;+1/p-1. The second-order valence-corrected chi connectivity index (χ2v) is 10.1. The Balaban J connectivity index is 0.00000196. The Bertz CT molecular complexity index is 732. The van der Waals surface area contributed by atoms with E-state index in [4.69, 9.17) is 4.18 Å². The molecule has 0 saturated heterocycles. The predicted octanol–water partition coefficient (Wildman–Crippen LogP) is 0.368. The summed E-state index contributed by atoms with van der Waals surface area (Å²) in [4.78, 5) is 12.4. The van der Waals surface area contributed by atoms with Crippen molar-refractivity contribution in [2.75, 3.05) is 0 Å². The van der Waals surface area contributed by atoms with E-state index >= 15 is 0 Å². The number of carbonyl (C=O) groups excluding carboxylic acids is 1. The quantitative estimate of drug-likeness (QED) is 0.294. The average Bonchev–Trinajstić information content (AvgIpc) is 2.82. The minimum absolute atomic E-state index is 0. The van der Waals surface area contributed by atoms with Crippen molar-refractivity contribution in [2.45, 2.75) is 71.3 Å². The van der Waals surface area contributed by atoms with E-state index in [9.17, 15) is 17.8 Å². The number of hydrogen-bond donors (Lipinski definition) is 0. The van der Waals surface area contributed by atoms with Gasteiger partial charge in [-0.05, 0) is 68.1 Å². The van der Waals surface area contributed by atoms with Gasteiger partial charge >= 0.3 is 29.6 Å². The molecule has 4 rings (SSSR count). The maximum Gasteiger partial charge on any atom is 1.00 e. The van der Waals surface area contributed by atoms with Crippen molar-refractivity contribution in [1.82, 2.24) is 0 Å². The molecule has 0 spiro atoms. The van der Waals surface area contributed by atoms with Gasteiger partial charge in [0.25, 0.3) is 0 Å². The van der Waals surface area contributed by atoms with Gasteiger partial charge in [0, 0.05) is 11.8 Å². The second kappa shape index (κ2) is 6.96. The molecule has 0 aromatic rings. The Hall–Kier alpha value is 0.280. The molecule has 0 heterocycles. The van der Waals surface area contributed by atoms with Crippen LogP contribution in [0.5, 0.6) is 0 Å². The van der Waals surface area contributed by atoms with Crippen molar-refractivity contribution in [3.8, 4) is 0 Å². The summed E-state index contributed by atoms with van der Waals surface area (Å²) in [6.07, 6.45) is 8.55. The van der Waals surface area contributed by atoms with E-state index in [1.165, 1.54) is 5.57 Å². The molecule has 4 aliphatic carbocycles. The van der Waals surface area contributed by atoms with Gasteiger partial charge in [0.05, 0.1) is 6.10 Å². The van der Waals surface area contributed by atoms with Gasteiger partial charge < -0.3 is 4.55 Å². The third kappa shape index (κ3) is 3.29. The van der Waals surface area contributed by atoms with Crippen molar-refractivity contribution in [3.63, 3.8) is 0 Å². The Morgan fingerprint density at radius 1 is 1.12 bits per heavy atom. The maximum absolute atomic E-state index is 12.4. The first-order chi connectivity index (χ1) is 11.6. The number of Topliss-reactive ketones (excluding diaryl/α,β-unsaturated/α-hetero) is 1. The first kappa shape index (κ1) is 21.0. The molecule has 140 valence electrons. The van der Waals surface area contributed by atoms with E-state index in [0.717, 1.165) is 38.5 Å². The van der Waals surface area contributed by atoms with Gasteiger partial charge in [-0.2, -0.15) is 0 Å². The monoisotopic (exact) mass is 390 g/mol. The third-order valence-corrected chi connectivity index (χ3v) is 8.53. The van der Waals surface area contributed by atoms with E-state index in [0.29, 0.717) is 36.4 Å². The number of rotatable bonds is 2. The summed E-state index contributed by atoms with van der Waals surface area (Å²) in [5, 5.41) is 0. The first-order valence-corrected chi connectivity index (χ1v) is 10.8. The summed E-state index contributed by atoms with van der Waals surface area (Å²) < 4.78 is 37.5. The minimum Gasteiger partial charge on any atom is -0.726 e. The Morgan fingerprint density at radius 3 is 2.46 bits per heavy atom. The summed E-state index contributed by atoms with van der Waals surface area (Å²) in [7, 11) is -4.65. The van der Waals surface area contributed by atoms with Gasteiger partial charge in [-0.15, -0.1) is 0 Å². The van der Waals surface area contributed by atoms with Crippen LogP contribution in [0, 0.1) is 28.6 Å². The topological polar surface area (TPSA) is 83.5 Å². The first-order valence-electron chi connectivity index (χ1n) is 9.50. The van der Waals surface area contributed by atoms with Crippen molar-refractivity contribution in [2.24, 2.45) is 28.6 Å². The van der Waals surface area contributed by atoms with E-state index in [1.807, 2.05) is 0 Å². The van der Waals surface area contributed by atoms with Gasteiger partial charge in [0.1, 0.15) is 5.78 Å². The van der Waals surface area contributed by atoms with E-state index in [2.05, 4.69) is 19.9 Å². The molecule has 7 heteroatoms. The molecule has 0 bridgehead atoms. The number of fused-ring (bicyclic) bond motifs is 5. The Morgan fingerprint density at radius 2 is 1.77 bits per heavy atom. The fourth-order valence-corrected chi connectivity index (χ4v) is 7.14. The van der Waals surface area contributed by atoms with Crippen molar-refractivity contribution >= 4 is 16.2 Å². The molecule has 0 radical (unpaired) electrons. The summed E-state index contributed by atoms with van der Waals surface area (Å²) in [5.41, 5.74) is 1.20. The van der Waals surface area contributed by atoms with Crippen LogP contribution in [0.3, 0.4) is 0 Å². The molecule has 0 aromatic carbocycles. The van der Waals surface area contributed by atoms with Crippen molar-refractivity contribution < 1.29 is 51.5 Å². The summed E-state index contributed by atoms with van der Waals surface area (Å²) in [6.45, 7) is 4.48. The molecular weight excluding hydrogens is 363 g/mol. The molecule has 0 aromatic heterocycles. The van der Waals surface area contributed by atoms with Gasteiger partial charge in [-0.25, -0.2) is 8.42 Å². The van der Waals surface area contributed by atoms with Crippen LogP contribution in [0.15, 0.2) is 11.6 Å². The van der Waals surface area contributed by atoms with Gasteiger partial charge in [-0.3, -0.25) is 8.98 Å². The molecule has 0 N–H and O–H groups in total.